The number of alkyl halides is 13. The van der Waals surface area contributed by atoms with Crippen LogP contribution in [0.1, 0.15) is 6.92 Å². The van der Waals surface area contributed by atoms with Crippen LogP contribution in [0.25, 0.3) is 0 Å². The van der Waals surface area contributed by atoms with Crippen LogP contribution in [0.4, 0.5) is 57.1 Å². The third-order valence-corrected chi connectivity index (χ3v) is 3.63. The number of carbonyl (C=O) groups excluding carboxylic acids is 1. The molecule has 1 fully saturated rings. The highest BCUT2D eigenvalue weighted by atomic mass is 19.4. The van der Waals surface area contributed by atoms with Gasteiger partial charge >= 0.3 is 47.7 Å². The molecular formula is C12H7F13O4. The lowest BCUT2D eigenvalue weighted by molar-refractivity contribution is -0.555. The molecular weight excluding hydrogens is 455 g/mol. The molecule has 0 saturated carbocycles. The molecule has 0 radical (unpaired) electrons. The van der Waals surface area contributed by atoms with Crippen molar-refractivity contribution in [3.63, 3.8) is 0 Å². The molecule has 1 aliphatic rings. The number of aliphatic hydroxyl groups is 1. The Morgan fingerprint density at radius 1 is 0.966 bits per heavy atom. The van der Waals surface area contributed by atoms with Crippen molar-refractivity contribution < 1.29 is 76.5 Å². The first-order valence-corrected chi connectivity index (χ1v) is 6.66. The van der Waals surface area contributed by atoms with Gasteiger partial charge in [-0.25, -0.2) is 4.79 Å². The normalized spacial score (nSPS) is 32.6. The van der Waals surface area contributed by atoms with Crippen molar-refractivity contribution in [2.45, 2.75) is 54.8 Å². The van der Waals surface area contributed by atoms with Crippen molar-refractivity contribution in [2.24, 2.45) is 0 Å². The Labute approximate surface area is 150 Å². The van der Waals surface area contributed by atoms with Gasteiger partial charge in [-0.1, -0.05) is 6.58 Å². The number of hydrogen-bond donors (Lipinski definition) is 1. The highest BCUT2D eigenvalue weighted by molar-refractivity contribution is 5.87. The maximum absolute atomic E-state index is 14.3. The Bertz CT molecular complexity index is 691. The van der Waals surface area contributed by atoms with Crippen molar-refractivity contribution in [2.75, 3.05) is 0 Å². The fraction of sp³-hybridized carbons (Fsp3) is 0.750. The standard InChI is InChI=1S/C12H7F13O4/c1-3(2)4(26)28-8(11(20,21)22)6(13,14)5(7(15,16)17)29-10(27,9(8,18)19)12(23,24)25/h5,27H,1H2,2H3. The second kappa shape index (κ2) is 6.36. The summed E-state index contributed by atoms with van der Waals surface area (Å²) >= 11 is 0. The van der Waals surface area contributed by atoms with Crippen molar-refractivity contribution in [1.29, 1.82) is 0 Å². The highest BCUT2D eigenvalue weighted by Crippen LogP contribution is 2.66. The lowest BCUT2D eigenvalue weighted by atomic mass is 9.76. The SMILES string of the molecule is C=C(C)C(=O)OC1(C(F)(F)F)C(F)(F)C(C(F)(F)F)OC(O)(C(F)(F)F)C1(F)F. The number of ether oxygens (including phenoxy) is 2. The van der Waals surface area contributed by atoms with Gasteiger partial charge < -0.3 is 14.6 Å². The van der Waals surface area contributed by atoms with Crippen LogP contribution in [0.2, 0.25) is 0 Å². The van der Waals surface area contributed by atoms with E-state index in [1.807, 2.05) is 0 Å². The van der Waals surface area contributed by atoms with Crippen LogP contribution in [0, 0.1) is 0 Å². The highest BCUT2D eigenvalue weighted by Gasteiger charge is 2.99. The number of rotatable bonds is 2. The zero-order valence-corrected chi connectivity index (χ0v) is 13.4. The van der Waals surface area contributed by atoms with E-state index >= 15 is 0 Å². The van der Waals surface area contributed by atoms with Crippen molar-refractivity contribution in [3.05, 3.63) is 12.2 Å². The van der Waals surface area contributed by atoms with E-state index in [9.17, 15) is 61.9 Å². The summed E-state index contributed by atoms with van der Waals surface area (Å²) in [7, 11) is 0. The lowest BCUT2D eigenvalue weighted by Crippen LogP contribution is -2.87. The molecule has 3 atom stereocenters. The predicted molar refractivity (Wildman–Crippen MR) is 61.5 cm³/mol. The Balaban J connectivity index is 4.15. The summed E-state index contributed by atoms with van der Waals surface area (Å²) in [5.74, 6) is -24.2. The molecule has 0 spiro atoms. The summed E-state index contributed by atoms with van der Waals surface area (Å²) in [5.41, 5.74) is -8.54. The molecule has 0 aromatic rings. The van der Waals surface area contributed by atoms with Crippen LogP contribution in [0.3, 0.4) is 0 Å². The van der Waals surface area contributed by atoms with E-state index in [4.69, 9.17) is 5.11 Å². The third kappa shape index (κ3) is 3.21. The van der Waals surface area contributed by atoms with Crippen molar-refractivity contribution >= 4 is 5.97 Å². The van der Waals surface area contributed by atoms with E-state index in [0.717, 1.165) is 0 Å². The van der Waals surface area contributed by atoms with E-state index in [1.165, 1.54) is 0 Å². The molecule has 3 unspecified atom stereocenters. The van der Waals surface area contributed by atoms with Crippen LogP contribution in [0.15, 0.2) is 12.2 Å². The summed E-state index contributed by atoms with van der Waals surface area (Å²) in [6.45, 7) is 2.87. The van der Waals surface area contributed by atoms with E-state index in [0.29, 0.717) is 6.92 Å². The molecule has 170 valence electrons. The summed E-state index contributed by atoms with van der Waals surface area (Å²) in [4.78, 5) is 11.3. The number of hydrogen-bond acceptors (Lipinski definition) is 4. The zero-order valence-electron chi connectivity index (χ0n) is 13.4. The van der Waals surface area contributed by atoms with Crippen LogP contribution in [-0.4, -0.2) is 58.9 Å². The topological polar surface area (TPSA) is 55.8 Å². The first kappa shape index (κ1) is 25.3. The molecule has 4 nitrogen and oxygen atoms in total. The zero-order chi connectivity index (χ0) is 23.6. The van der Waals surface area contributed by atoms with Crippen LogP contribution < -0.4 is 0 Å². The Kier molecular flexibility index (Phi) is 5.54. The minimum Gasteiger partial charge on any atom is -0.433 e. The number of carbonyl (C=O) groups is 1. The van der Waals surface area contributed by atoms with Gasteiger partial charge in [-0.15, -0.1) is 0 Å². The fourth-order valence-electron chi connectivity index (χ4n) is 2.25. The average molecular weight is 462 g/mol. The maximum Gasteiger partial charge on any atom is 0.449 e. The number of halogens is 13. The molecule has 1 rings (SSSR count). The van der Waals surface area contributed by atoms with Crippen LogP contribution >= 0.6 is 0 Å². The van der Waals surface area contributed by atoms with Crippen LogP contribution in [0.5, 0.6) is 0 Å². The first-order valence-electron chi connectivity index (χ1n) is 6.66. The van der Waals surface area contributed by atoms with Crippen LogP contribution in [-0.2, 0) is 14.3 Å². The van der Waals surface area contributed by atoms with Gasteiger partial charge in [0, 0.05) is 5.57 Å². The van der Waals surface area contributed by atoms with Gasteiger partial charge in [0.15, 0.2) is 0 Å². The second-order valence-electron chi connectivity index (χ2n) is 5.73. The second-order valence-corrected chi connectivity index (χ2v) is 5.73. The van der Waals surface area contributed by atoms with Gasteiger partial charge in [-0.3, -0.25) is 0 Å². The molecule has 0 aromatic heterocycles. The smallest absolute Gasteiger partial charge is 0.433 e. The molecule has 1 heterocycles. The minimum atomic E-state index is -7.50. The molecule has 0 aliphatic carbocycles. The summed E-state index contributed by atoms with van der Waals surface area (Å²) in [5, 5.41) is 9.01. The monoisotopic (exact) mass is 462 g/mol. The minimum absolute atomic E-state index is 0.360. The Hall–Kier alpha value is -1.78. The molecule has 17 heteroatoms. The van der Waals surface area contributed by atoms with Gasteiger partial charge in [-0.05, 0) is 6.92 Å². The summed E-state index contributed by atoms with van der Waals surface area (Å²) in [6, 6.07) is 0. The molecule has 0 amide bonds. The van der Waals surface area contributed by atoms with Gasteiger partial charge in [0.05, 0.1) is 0 Å². The average Bonchev–Trinajstić information content (AvgIpc) is 2.43. The molecule has 1 N–H and O–H groups in total. The quantitative estimate of drug-likeness (QED) is 0.385. The molecule has 0 bridgehead atoms. The van der Waals surface area contributed by atoms with Gasteiger partial charge in [0.2, 0.25) is 6.10 Å². The molecule has 1 saturated heterocycles. The molecule has 1 aliphatic heterocycles. The first-order chi connectivity index (χ1) is 12.4. The Morgan fingerprint density at radius 3 is 1.66 bits per heavy atom. The Morgan fingerprint density at radius 2 is 1.38 bits per heavy atom. The van der Waals surface area contributed by atoms with Crippen molar-refractivity contribution in [1.82, 2.24) is 0 Å². The van der Waals surface area contributed by atoms with Gasteiger partial charge in [0.25, 0.3) is 0 Å². The fourth-order valence-corrected chi connectivity index (χ4v) is 2.25. The predicted octanol–water partition coefficient (Wildman–Crippen LogP) is 3.89. The largest absolute Gasteiger partial charge is 0.449 e. The van der Waals surface area contributed by atoms with E-state index in [1.54, 1.807) is 0 Å². The van der Waals surface area contributed by atoms with Gasteiger partial charge in [0.1, 0.15) is 0 Å². The maximum atomic E-state index is 14.3. The third-order valence-electron chi connectivity index (χ3n) is 3.63. The molecule has 29 heavy (non-hydrogen) atoms. The lowest BCUT2D eigenvalue weighted by Gasteiger charge is -2.55. The van der Waals surface area contributed by atoms with Crippen molar-refractivity contribution in [3.8, 4) is 0 Å². The van der Waals surface area contributed by atoms with E-state index < -0.39 is 59.4 Å². The summed E-state index contributed by atoms with van der Waals surface area (Å²) in [6.07, 6.45) is -27.2. The van der Waals surface area contributed by atoms with Gasteiger partial charge in [-0.2, -0.15) is 57.1 Å². The molecule has 0 aromatic carbocycles. The van der Waals surface area contributed by atoms with E-state index in [-0.39, 0.29) is 0 Å². The summed E-state index contributed by atoms with van der Waals surface area (Å²) < 4.78 is 179. The number of esters is 1. The van der Waals surface area contributed by atoms with E-state index in [2.05, 4.69) is 16.1 Å².